The third kappa shape index (κ3) is 75.8. The average Bonchev–Trinajstić information content (AvgIpc) is 2.63. The molecule has 0 aliphatic heterocycles. The quantitative estimate of drug-likeness (QED) is 0.0243. The smallest absolute Gasteiger partial charge is 0.387 e. The summed E-state index contributed by atoms with van der Waals surface area (Å²) in [6, 6.07) is -0.865. The molecule has 3 unspecified atom stereocenters. The van der Waals surface area contributed by atoms with Gasteiger partial charge in [0.25, 0.3) is 0 Å². The average molecular weight is 1320 g/mol. The number of phosphoric ester groups is 1. The largest absolute Gasteiger partial charge is 0.472 e. The normalized spacial score (nSPS) is 13.7. The van der Waals surface area contributed by atoms with E-state index in [0.717, 1.165) is 44.9 Å². The number of likely N-dealkylation sites (N-methyl/N-ethyl adjacent to an activating group) is 1. The van der Waals surface area contributed by atoms with Crippen molar-refractivity contribution in [1.29, 1.82) is 0 Å². The van der Waals surface area contributed by atoms with Crippen molar-refractivity contribution < 1.29 is 32.9 Å². The molecule has 0 aliphatic carbocycles. The van der Waals surface area contributed by atoms with Gasteiger partial charge in [-0.25, -0.2) is 4.57 Å². The Balaban J connectivity index is 3.95. The maximum absolute atomic E-state index is 13.1. The van der Waals surface area contributed by atoms with E-state index in [4.69, 9.17) is 9.05 Å². The van der Waals surface area contributed by atoms with Gasteiger partial charge in [0.2, 0.25) is 5.91 Å². The van der Waals surface area contributed by atoms with E-state index in [1.807, 2.05) is 27.2 Å². The number of carbonyl (C=O) groups is 1. The van der Waals surface area contributed by atoms with Crippen LogP contribution in [0.15, 0.2) is 48.6 Å². The molecule has 0 aromatic heterocycles. The number of carbonyl (C=O) groups excluding carboxylic acids is 1. The molecule has 8 nitrogen and oxygen atoms in total. The molecule has 0 spiro atoms. The van der Waals surface area contributed by atoms with Crippen molar-refractivity contribution in [2.45, 2.75) is 437 Å². The molecule has 0 heterocycles. The van der Waals surface area contributed by atoms with Gasteiger partial charge in [-0.2, -0.15) is 0 Å². The predicted molar refractivity (Wildman–Crippen MR) is 406 cm³/mol. The molecule has 544 valence electrons. The molecule has 0 aliphatic rings. The van der Waals surface area contributed by atoms with E-state index < -0.39 is 20.0 Å². The van der Waals surface area contributed by atoms with Crippen LogP contribution in [0.4, 0.5) is 0 Å². The summed E-state index contributed by atoms with van der Waals surface area (Å²) >= 11 is 0. The van der Waals surface area contributed by atoms with Crippen molar-refractivity contribution in [2.75, 3.05) is 40.9 Å². The molecule has 0 fully saturated rings. The summed E-state index contributed by atoms with van der Waals surface area (Å²) in [4.78, 5) is 23.5. The van der Waals surface area contributed by atoms with Gasteiger partial charge < -0.3 is 19.8 Å². The Hall–Kier alpha value is -1.54. The van der Waals surface area contributed by atoms with E-state index in [1.165, 1.54) is 360 Å². The number of phosphoric acid groups is 1. The molecule has 9 heteroatoms. The van der Waals surface area contributed by atoms with Crippen LogP contribution in [0.25, 0.3) is 0 Å². The lowest BCUT2D eigenvalue weighted by atomic mass is 10.0. The van der Waals surface area contributed by atoms with Gasteiger partial charge in [0.05, 0.1) is 39.9 Å². The minimum atomic E-state index is -4.37. The molecular weight excluding hydrogens is 1150 g/mol. The predicted octanol–water partition coefficient (Wildman–Crippen LogP) is 26.9. The Morgan fingerprint density at radius 2 is 0.630 bits per heavy atom. The fraction of sp³-hybridized carbons (Fsp3) is 0.892. The summed E-state index contributed by atoms with van der Waals surface area (Å²) in [5.74, 6) is -0.178. The first kappa shape index (κ1) is 90.5. The van der Waals surface area contributed by atoms with E-state index in [1.54, 1.807) is 6.08 Å². The van der Waals surface area contributed by atoms with Crippen LogP contribution < -0.4 is 5.32 Å². The molecular formula is C83H162N2O6P+. The number of hydrogen-bond donors (Lipinski definition) is 3. The molecule has 0 saturated heterocycles. The monoisotopic (exact) mass is 1310 g/mol. The van der Waals surface area contributed by atoms with Crippen molar-refractivity contribution in [3.05, 3.63) is 48.6 Å². The van der Waals surface area contributed by atoms with Crippen molar-refractivity contribution in [3.63, 3.8) is 0 Å². The van der Waals surface area contributed by atoms with E-state index in [2.05, 4.69) is 55.6 Å². The summed E-state index contributed by atoms with van der Waals surface area (Å²) in [6.07, 6.45) is 102. The van der Waals surface area contributed by atoms with Crippen LogP contribution in [-0.2, 0) is 18.4 Å². The number of rotatable bonds is 77. The number of amides is 1. The number of unbranched alkanes of at least 4 members (excludes halogenated alkanes) is 58. The molecule has 0 aromatic carbocycles. The molecule has 92 heavy (non-hydrogen) atoms. The molecule has 0 radical (unpaired) electrons. The Bertz CT molecular complexity index is 1640. The molecule has 0 bridgehead atoms. The number of aliphatic hydroxyl groups excluding tert-OH is 1. The number of allylic oxidation sites excluding steroid dienone is 7. The maximum Gasteiger partial charge on any atom is 0.472 e. The van der Waals surface area contributed by atoms with Gasteiger partial charge in [0.1, 0.15) is 13.2 Å². The van der Waals surface area contributed by atoms with Gasteiger partial charge in [-0.15, -0.1) is 0 Å². The van der Waals surface area contributed by atoms with Gasteiger partial charge >= 0.3 is 7.82 Å². The summed E-state index contributed by atoms with van der Waals surface area (Å²) in [5, 5.41) is 14.0. The van der Waals surface area contributed by atoms with Gasteiger partial charge in [0.15, 0.2) is 0 Å². The highest BCUT2D eigenvalue weighted by Crippen LogP contribution is 2.43. The Kier molecular flexibility index (Phi) is 72.5. The van der Waals surface area contributed by atoms with Gasteiger partial charge in [-0.05, 0) is 64.2 Å². The third-order valence-corrected chi connectivity index (χ3v) is 20.0. The highest BCUT2D eigenvalue weighted by molar-refractivity contribution is 7.47. The first-order valence-corrected chi connectivity index (χ1v) is 42.5. The lowest BCUT2D eigenvalue weighted by Crippen LogP contribution is -2.45. The lowest BCUT2D eigenvalue weighted by Gasteiger charge is -2.25. The summed E-state index contributed by atoms with van der Waals surface area (Å²) in [6.45, 7) is 4.85. The molecule has 3 atom stereocenters. The Morgan fingerprint density at radius 3 is 0.935 bits per heavy atom. The SMILES string of the molecule is CCCCCCC/C=C\C/C=C\CCCCCCCCCCCCCCCCCCCCCCCCCCCCCC(=O)NC(COP(=O)(O)OCC[N+](C)(C)C)C(O)/C=C/CC/C=C/CCCCCCCCCCCCCCCCCCCCCCCCCCC. The maximum atomic E-state index is 13.1. The molecule has 3 N–H and O–H groups in total. The molecule has 1 amide bonds. The van der Waals surface area contributed by atoms with Crippen molar-refractivity contribution >= 4 is 13.7 Å². The zero-order valence-electron chi connectivity index (χ0n) is 62.6. The highest BCUT2D eigenvalue weighted by Gasteiger charge is 2.28. The fourth-order valence-electron chi connectivity index (χ4n) is 12.7. The minimum Gasteiger partial charge on any atom is -0.387 e. The second-order valence-electron chi connectivity index (χ2n) is 29.5. The Labute approximate surface area is 575 Å². The van der Waals surface area contributed by atoms with Crippen molar-refractivity contribution in [1.82, 2.24) is 5.32 Å². The van der Waals surface area contributed by atoms with Gasteiger partial charge in [-0.3, -0.25) is 13.8 Å². The van der Waals surface area contributed by atoms with E-state index in [0.29, 0.717) is 17.4 Å². The minimum absolute atomic E-state index is 0.0580. The number of hydrogen-bond acceptors (Lipinski definition) is 5. The standard InChI is InChI=1S/C83H161N2O6P/c1-6-8-10-12-14-16-18-20-22-24-26-28-30-32-34-36-38-39-40-41-42-43-44-45-47-49-51-53-55-57-59-61-63-65-67-69-71-73-75-77-83(87)84-81(80-91-92(88,89)90-79-78-85(3,4)5)82(86)76-74-72-70-68-66-64-62-60-58-56-54-52-50-48-46-37-35-33-31-29-27-25-23-21-19-17-15-13-11-9-7-2/h18,20,24,26,66,68,74,76,81-82,86H,6-17,19,21-23,25,27-65,67,69-73,75,77-80H2,1-5H3,(H-,84,87,88,89)/p+1/b20-18-,26-24-,68-66+,76-74+. The number of aliphatic hydroxyl groups is 1. The third-order valence-electron chi connectivity index (χ3n) is 19.0. The number of nitrogens with zero attached hydrogens (tertiary/aromatic N) is 1. The number of nitrogens with one attached hydrogen (secondary N) is 1. The van der Waals surface area contributed by atoms with Crippen LogP contribution >= 0.6 is 7.82 Å². The Morgan fingerprint density at radius 1 is 0.370 bits per heavy atom. The van der Waals surface area contributed by atoms with Crippen molar-refractivity contribution in [2.24, 2.45) is 0 Å². The van der Waals surface area contributed by atoms with Gasteiger partial charge in [0, 0.05) is 6.42 Å². The summed E-state index contributed by atoms with van der Waals surface area (Å²) < 4.78 is 23.9. The fourth-order valence-corrected chi connectivity index (χ4v) is 13.4. The molecule has 0 aromatic rings. The first-order valence-electron chi connectivity index (χ1n) is 41.0. The second-order valence-corrected chi connectivity index (χ2v) is 30.9. The van der Waals surface area contributed by atoms with Crippen LogP contribution in [0.1, 0.15) is 425 Å². The van der Waals surface area contributed by atoms with Crippen LogP contribution in [0.3, 0.4) is 0 Å². The van der Waals surface area contributed by atoms with Crippen LogP contribution in [0.2, 0.25) is 0 Å². The first-order chi connectivity index (χ1) is 45.0. The lowest BCUT2D eigenvalue weighted by molar-refractivity contribution is -0.870. The van der Waals surface area contributed by atoms with Crippen LogP contribution in [0.5, 0.6) is 0 Å². The van der Waals surface area contributed by atoms with E-state index >= 15 is 0 Å². The zero-order chi connectivity index (χ0) is 66.9. The zero-order valence-corrected chi connectivity index (χ0v) is 63.5. The van der Waals surface area contributed by atoms with Crippen molar-refractivity contribution in [3.8, 4) is 0 Å². The van der Waals surface area contributed by atoms with Crippen LogP contribution in [0, 0.1) is 0 Å². The van der Waals surface area contributed by atoms with E-state index in [9.17, 15) is 19.4 Å². The molecule has 0 rings (SSSR count). The topological polar surface area (TPSA) is 105 Å². The van der Waals surface area contributed by atoms with Crippen LogP contribution in [-0.4, -0.2) is 73.4 Å². The van der Waals surface area contributed by atoms with E-state index in [-0.39, 0.29) is 19.1 Å². The van der Waals surface area contributed by atoms with Gasteiger partial charge in [-0.1, -0.05) is 403 Å². The number of quaternary nitrogens is 1. The summed E-state index contributed by atoms with van der Waals surface area (Å²) in [5.41, 5.74) is 0. The second kappa shape index (κ2) is 73.7. The molecule has 0 saturated carbocycles. The highest BCUT2D eigenvalue weighted by atomic mass is 31.2. The summed E-state index contributed by atoms with van der Waals surface area (Å²) in [7, 11) is 1.57.